The molecule has 9 heteroatoms. The number of hydrogen-bond acceptors (Lipinski definition) is 5. The van der Waals surface area contributed by atoms with Crippen LogP contribution in [0.15, 0.2) is 48.5 Å². The number of urea groups is 1. The number of ether oxygens (including phenoxy) is 1. The number of anilines is 1. The van der Waals surface area contributed by atoms with Crippen molar-refractivity contribution in [3.05, 3.63) is 59.7 Å². The molecule has 2 aromatic carbocycles. The number of hydrogen-bond donors (Lipinski definition) is 3. The third kappa shape index (κ3) is 5.96. The average molecular weight is 494 g/mol. The molecule has 1 atom stereocenters. The fraction of sp³-hybridized carbons (Fsp3) is 0.444. The maximum atomic E-state index is 13.6. The molecule has 0 aromatic heterocycles. The van der Waals surface area contributed by atoms with E-state index in [4.69, 9.17) is 10.5 Å². The normalized spacial score (nSPS) is 22.0. The predicted molar refractivity (Wildman–Crippen MR) is 138 cm³/mol. The SMILES string of the molecule is COc1cccc(NC(=O)N2CCCN(C(=O)c3ccc(C)cc3)C2C(=O)NC2CCC(N)CC2)c1. The summed E-state index contributed by atoms with van der Waals surface area (Å²) >= 11 is 0. The van der Waals surface area contributed by atoms with Gasteiger partial charge in [0.15, 0.2) is 6.17 Å². The van der Waals surface area contributed by atoms with Crippen LogP contribution >= 0.6 is 0 Å². The highest BCUT2D eigenvalue weighted by molar-refractivity contribution is 6.00. The van der Waals surface area contributed by atoms with Crippen molar-refractivity contribution in [2.75, 3.05) is 25.5 Å². The summed E-state index contributed by atoms with van der Waals surface area (Å²) < 4.78 is 5.25. The second-order valence-electron chi connectivity index (χ2n) is 9.57. The van der Waals surface area contributed by atoms with E-state index in [2.05, 4.69) is 10.6 Å². The van der Waals surface area contributed by atoms with Crippen molar-refractivity contribution >= 4 is 23.5 Å². The third-order valence-electron chi connectivity index (χ3n) is 6.88. The Morgan fingerprint density at radius 3 is 2.36 bits per heavy atom. The van der Waals surface area contributed by atoms with Gasteiger partial charge in [0.2, 0.25) is 0 Å². The fourth-order valence-electron chi connectivity index (χ4n) is 4.83. The van der Waals surface area contributed by atoms with Crippen molar-refractivity contribution in [3.8, 4) is 5.75 Å². The molecule has 9 nitrogen and oxygen atoms in total. The molecule has 0 spiro atoms. The smallest absolute Gasteiger partial charge is 0.323 e. The zero-order valence-corrected chi connectivity index (χ0v) is 20.9. The van der Waals surface area contributed by atoms with Crippen LogP contribution in [0.25, 0.3) is 0 Å². The zero-order chi connectivity index (χ0) is 25.7. The topological polar surface area (TPSA) is 117 Å². The van der Waals surface area contributed by atoms with Gasteiger partial charge in [-0.3, -0.25) is 14.5 Å². The Kier molecular flexibility index (Phi) is 8.10. The number of carbonyl (C=O) groups excluding carboxylic acids is 3. The molecule has 2 aromatic rings. The molecule has 1 heterocycles. The number of benzene rings is 2. The molecule has 4 N–H and O–H groups in total. The van der Waals surface area contributed by atoms with Crippen LogP contribution in [0, 0.1) is 6.92 Å². The van der Waals surface area contributed by atoms with Crippen molar-refractivity contribution in [1.82, 2.24) is 15.1 Å². The molecule has 2 fully saturated rings. The van der Waals surface area contributed by atoms with Gasteiger partial charge < -0.3 is 26.0 Å². The zero-order valence-electron chi connectivity index (χ0n) is 20.9. The first-order valence-corrected chi connectivity index (χ1v) is 12.5. The van der Waals surface area contributed by atoms with Crippen molar-refractivity contribution in [2.45, 2.75) is 57.3 Å². The first-order valence-electron chi connectivity index (χ1n) is 12.5. The second kappa shape index (κ2) is 11.4. The van der Waals surface area contributed by atoms with Gasteiger partial charge in [0.05, 0.1) is 7.11 Å². The number of nitrogens with one attached hydrogen (secondary N) is 2. The Morgan fingerprint density at radius 1 is 0.972 bits per heavy atom. The van der Waals surface area contributed by atoms with E-state index < -0.39 is 12.2 Å². The van der Waals surface area contributed by atoms with Gasteiger partial charge in [-0.2, -0.15) is 0 Å². The summed E-state index contributed by atoms with van der Waals surface area (Å²) in [6, 6.07) is 13.9. The van der Waals surface area contributed by atoms with Crippen molar-refractivity contribution in [3.63, 3.8) is 0 Å². The lowest BCUT2D eigenvalue weighted by atomic mass is 9.91. The number of carbonyl (C=O) groups is 3. The Bertz CT molecular complexity index is 1080. The molecule has 1 saturated heterocycles. The molecule has 36 heavy (non-hydrogen) atoms. The van der Waals surface area contributed by atoms with E-state index in [0.29, 0.717) is 36.5 Å². The van der Waals surface area contributed by atoms with E-state index in [0.717, 1.165) is 31.2 Å². The summed E-state index contributed by atoms with van der Waals surface area (Å²) in [5.41, 5.74) is 8.09. The number of rotatable bonds is 5. The summed E-state index contributed by atoms with van der Waals surface area (Å²) in [5.74, 6) is -0.0245. The largest absolute Gasteiger partial charge is 0.497 e. The Labute approximate surface area is 212 Å². The van der Waals surface area contributed by atoms with Crippen LogP contribution in [-0.4, -0.2) is 66.1 Å². The summed E-state index contributed by atoms with van der Waals surface area (Å²) in [6.07, 6.45) is 2.73. The van der Waals surface area contributed by atoms with Gasteiger partial charge in [-0.15, -0.1) is 0 Å². The Balaban J connectivity index is 1.58. The van der Waals surface area contributed by atoms with E-state index >= 15 is 0 Å². The maximum absolute atomic E-state index is 13.6. The number of methoxy groups -OCH3 is 1. The van der Waals surface area contributed by atoms with Crippen molar-refractivity contribution in [1.29, 1.82) is 0 Å². The molecular weight excluding hydrogens is 458 g/mol. The molecule has 0 bridgehead atoms. The molecular formula is C27H35N5O4. The number of aryl methyl sites for hydroxylation is 1. The predicted octanol–water partition coefficient (Wildman–Crippen LogP) is 3.10. The first kappa shape index (κ1) is 25.5. The van der Waals surface area contributed by atoms with Gasteiger partial charge in [0, 0.05) is 42.5 Å². The van der Waals surface area contributed by atoms with Crippen LogP contribution in [0.3, 0.4) is 0 Å². The highest BCUT2D eigenvalue weighted by Gasteiger charge is 2.41. The van der Waals surface area contributed by atoms with Crippen molar-refractivity contribution < 1.29 is 19.1 Å². The van der Waals surface area contributed by atoms with Crippen LogP contribution in [0.5, 0.6) is 5.75 Å². The van der Waals surface area contributed by atoms with Gasteiger partial charge in [-0.05, 0) is 63.3 Å². The van der Waals surface area contributed by atoms with E-state index in [1.807, 2.05) is 19.1 Å². The quantitative estimate of drug-likeness (QED) is 0.592. The number of nitrogens with two attached hydrogens (primary N) is 1. The van der Waals surface area contributed by atoms with E-state index in [1.54, 1.807) is 43.5 Å². The lowest BCUT2D eigenvalue weighted by molar-refractivity contribution is -0.133. The summed E-state index contributed by atoms with van der Waals surface area (Å²) in [5, 5.41) is 5.95. The Morgan fingerprint density at radius 2 is 1.67 bits per heavy atom. The fourth-order valence-corrected chi connectivity index (χ4v) is 4.83. The van der Waals surface area contributed by atoms with Gasteiger partial charge >= 0.3 is 6.03 Å². The van der Waals surface area contributed by atoms with Crippen LogP contribution in [0.4, 0.5) is 10.5 Å². The van der Waals surface area contributed by atoms with Crippen LogP contribution in [0.2, 0.25) is 0 Å². The lowest BCUT2D eigenvalue weighted by Gasteiger charge is -2.43. The minimum Gasteiger partial charge on any atom is -0.497 e. The second-order valence-corrected chi connectivity index (χ2v) is 9.57. The molecule has 1 aliphatic carbocycles. The molecule has 1 saturated carbocycles. The Hall–Kier alpha value is -3.59. The highest BCUT2D eigenvalue weighted by Crippen LogP contribution is 2.23. The monoisotopic (exact) mass is 493 g/mol. The molecule has 2 aliphatic rings. The first-order chi connectivity index (χ1) is 17.4. The molecule has 1 aliphatic heterocycles. The van der Waals surface area contributed by atoms with Gasteiger partial charge in [0.25, 0.3) is 11.8 Å². The van der Waals surface area contributed by atoms with Gasteiger partial charge in [0.1, 0.15) is 5.75 Å². The third-order valence-corrected chi connectivity index (χ3v) is 6.88. The van der Waals surface area contributed by atoms with E-state index in [-0.39, 0.29) is 23.9 Å². The summed E-state index contributed by atoms with van der Waals surface area (Å²) in [7, 11) is 1.55. The van der Waals surface area contributed by atoms with E-state index in [1.165, 1.54) is 9.80 Å². The number of amides is 4. The molecule has 4 rings (SSSR count). The lowest BCUT2D eigenvalue weighted by Crippen LogP contribution is -2.65. The van der Waals surface area contributed by atoms with Crippen molar-refractivity contribution in [2.24, 2.45) is 5.73 Å². The standard InChI is InChI=1S/C27H35N5O4/c1-18-7-9-19(10-8-18)26(34)31-15-4-16-32(27(35)30-22-5-3-6-23(17-22)36-2)25(31)24(33)29-21-13-11-20(28)12-14-21/h3,5-10,17,20-21,25H,4,11-16,28H2,1-2H3,(H,29,33)(H,30,35). The number of nitrogens with zero attached hydrogens (tertiary/aromatic N) is 2. The minimum absolute atomic E-state index is 0.0288. The van der Waals surface area contributed by atoms with Gasteiger partial charge in [-0.25, -0.2) is 4.79 Å². The summed E-state index contributed by atoms with van der Waals surface area (Å²) in [4.78, 5) is 43.5. The molecule has 0 radical (unpaired) electrons. The van der Waals surface area contributed by atoms with Gasteiger partial charge in [-0.1, -0.05) is 23.8 Å². The van der Waals surface area contributed by atoms with Crippen LogP contribution in [0.1, 0.15) is 48.0 Å². The van der Waals surface area contributed by atoms with E-state index in [9.17, 15) is 14.4 Å². The minimum atomic E-state index is -1.06. The molecule has 4 amide bonds. The molecule has 192 valence electrons. The summed E-state index contributed by atoms with van der Waals surface area (Å²) in [6.45, 7) is 2.68. The van der Waals surface area contributed by atoms with Crippen LogP contribution in [-0.2, 0) is 4.79 Å². The average Bonchev–Trinajstić information content (AvgIpc) is 2.89. The maximum Gasteiger partial charge on any atom is 0.323 e. The van der Waals surface area contributed by atoms with Crippen LogP contribution < -0.4 is 21.1 Å². The molecule has 1 unspecified atom stereocenters. The highest BCUT2D eigenvalue weighted by atomic mass is 16.5.